The van der Waals surface area contributed by atoms with Gasteiger partial charge in [0.1, 0.15) is 0 Å². The highest BCUT2D eigenvalue weighted by atomic mass is 32.2. The summed E-state index contributed by atoms with van der Waals surface area (Å²) in [5.41, 5.74) is 0.110. The number of hydrogen-bond donors (Lipinski definition) is 3. The van der Waals surface area contributed by atoms with Gasteiger partial charge in [-0.2, -0.15) is 0 Å². The van der Waals surface area contributed by atoms with Gasteiger partial charge in [-0.15, -0.1) is 11.8 Å². The molecule has 0 aliphatic heterocycles. The van der Waals surface area contributed by atoms with E-state index in [1.54, 1.807) is 11.8 Å². The quantitative estimate of drug-likeness (QED) is 0.734. The summed E-state index contributed by atoms with van der Waals surface area (Å²) in [5, 5.41) is 15.4. The third-order valence-corrected chi connectivity index (χ3v) is 4.01. The zero-order valence-corrected chi connectivity index (χ0v) is 11.2. The summed E-state index contributed by atoms with van der Waals surface area (Å²) in [5.74, 6) is 0. The third kappa shape index (κ3) is 3.17. The van der Waals surface area contributed by atoms with Gasteiger partial charge in [0.15, 0.2) is 0 Å². The number of carbonyl (C=O) groups is 1. The molecule has 0 bridgehead atoms. The second-order valence-corrected chi connectivity index (χ2v) is 5.43. The lowest BCUT2D eigenvalue weighted by molar-refractivity contribution is -0.0287. The highest BCUT2D eigenvalue weighted by Crippen LogP contribution is 2.30. The van der Waals surface area contributed by atoms with E-state index in [0.717, 1.165) is 29.8 Å². The van der Waals surface area contributed by atoms with Gasteiger partial charge >= 0.3 is 6.03 Å². The first-order valence-corrected chi connectivity index (χ1v) is 7.26. The van der Waals surface area contributed by atoms with Crippen molar-refractivity contribution in [3.63, 3.8) is 0 Å². The predicted octanol–water partition coefficient (Wildman–Crippen LogP) is 2.45. The number of rotatable bonds is 4. The Labute approximate surface area is 111 Å². The highest BCUT2D eigenvalue weighted by molar-refractivity contribution is 7.98. The SMILES string of the molecule is CSc1ccccc1NC(=O)NCC1(O)CCC1. The molecule has 1 saturated carbocycles. The molecule has 0 atom stereocenters. The fourth-order valence-electron chi connectivity index (χ4n) is 1.92. The van der Waals surface area contributed by atoms with E-state index in [1.165, 1.54) is 0 Å². The molecule has 0 spiro atoms. The van der Waals surface area contributed by atoms with Crippen LogP contribution in [-0.2, 0) is 0 Å². The topological polar surface area (TPSA) is 61.4 Å². The van der Waals surface area contributed by atoms with E-state index >= 15 is 0 Å². The number of urea groups is 1. The molecule has 1 aromatic carbocycles. The molecule has 0 saturated heterocycles. The lowest BCUT2D eigenvalue weighted by atomic mass is 9.80. The zero-order chi connectivity index (χ0) is 13.0. The minimum Gasteiger partial charge on any atom is -0.388 e. The van der Waals surface area contributed by atoms with Crippen molar-refractivity contribution in [2.75, 3.05) is 18.1 Å². The summed E-state index contributed by atoms with van der Waals surface area (Å²) in [4.78, 5) is 12.7. The van der Waals surface area contributed by atoms with Crippen molar-refractivity contribution in [1.82, 2.24) is 5.32 Å². The number of benzene rings is 1. The number of nitrogens with one attached hydrogen (secondary N) is 2. The molecule has 1 aliphatic carbocycles. The molecule has 2 amide bonds. The monoisotopic (exact) mass is 266 g/mol. The molecule has 4 nitrogen and oxygen atoms in total. The third-order valence-electron chi connectivity index (χ3n) is 3.22. The van der Waals surface area contributed by atoms with Crippen molar-refractivity contribution in [2.45, 2.75) is 29.8 Å². The Kier molecular flexibility index (Phi) is 4.14. The van der Waals surface area contributed by atoms with Gasteiger partial charge in [-0.3, -0.25) is 0 Å². The molecule has 5 heteroatoms. The fraction of sp³-hybridized carbons (Fsp3) is 0.462. The molecule has 1 aliphatic rings. The Morgan fingerprint density at radius 2 is 2.17 bits per heavy atom. The lowest BCUT2D eigenvalue weighted by Gasteiger charge is -2.36. The van der Waals surface area contributed by atoms with E-state index < -0.39 is 5.60 Å². The second-order valence-electron chi connectivity index (χ2n) is 4.59. The molecule has 0 unspecified atom stereocenters. The van der Waals surface area contributed by atoms with Crippen LogP contribution in [0.3, 0.4) is 0 Å². The van der Waals surface area contributed by atoms with Crippen molar-refractivity contribution in [1.29, 1.82) is 0 Å². The van der Waals surface area contributed by atoms with Gasteiger partial charge in [-0.25, -0.2) is 4.79 Å². The summed E-state index contributed by atoms with van der Waals surface area (Å²) in [7, 11) is 0. The minimum absolute atomic E-state index is 0.267. The van der Waals surface area contributed by atoms with Crippen LogP contribution in [0.25, 0.3) is 0 Å². The number of hydrogen-bond acceptors (Lipinski definition) is 3. The van der Waals surface area contributed by atoms with Crippen LogP contribution in [0.5, 0.6) is 0 Å². The van der Waals surface area contributed by atoms with Crippen molar-refractivity contribution in [2.24, 2.45) is 0 Å². The molecule has 1 fully saturated rings. The van der Waals surface area contributed by atoms with Crippen molar-refractivity contribution in [3.8, 4) is 0 Å². The summed E-state index contributed by atoms with van der Waals surface area (Å²) in [6, 6.07) is 7.38. The van der Waals surface area contributed by atoms with E-state index in [4.69, 9.17) is 0 Å². The van der Waals surface area contributed by atoms with E-state index in [1.807, 2.05) is 30.5 Å². The first-order chi connectivity index (χ1) is 8.63. The zero-order valence-electron chi connectivity index (χ0n) is 10.4. The first-order valence-electron chi connectivity index (χ1n) is 6.03. The number of carbonyl (C=O) groups excluding carboxylic acids is 1. The normalized spacial score (nSPS) is 16.8. The predicted molar refractivity (Wildman–Crippen MR) is 74.0 cm³/mol. The molecule has 1 aromatic rings. The molecule has 3 N–H and O–H groups in total. The van der Waals surface area contributed by atoms with E-state index in [9.17, 15) is 9.90 Å². The molecule has 0 heterocycles. The summed E-state index contributed by atoms with van der Waals surface area (Å²) in [6.07, 6.45) is 4.55. The number of amides is 2. The maximum atomic E-state index is 11.7. The Morgan fingerprint density at radius 3 is 2.78 bits per heavy atom. The van der Waals surface area contributed by atoms with Crippen LogP contribution in [-0.4, -0.2) is 29.5 Å². The maximum Gasteiger partial charge on any atom is 0.319 e. The van der Waals surface area contributed by atoms with Crippen molar-refractivity contribution < 1.29 is 9.90 Å². The number of thioether (sulfide) groups is 1. The number of anilines is 1. The Morgan fingerprint density at radius 1 is 1.44 bits per heavy atom. The lowest BCUT2D eigenvalue weighted by Crippen LogP contribution is -2.48. The van der Waals surface area contributed by atoms with Gasteiger partial charge in [0, 0.05) is 11.4 Å². The Bertz CT molecular complexity index is 433. The smallest absolute Gasteiger partial charge is 0.319 e. The van der Waals surface area contributed by atoms with E-state index in [-0.39, 0.29) is 6.03 Å². The molecular formula is C13H18N2O2S. The highest BCUT2D eigenvalue weighted by Gasteiger charge is 2.34. The second kappa shape index (κ2) is 5.63. The molecule has 2 rings (SSSR count). The maximum absolute atomic E-state index is 11.7. The van der Waals surface area contributed by atoms with Crippen LogP contribution in [0.4, 0.5) is 10.5 Å². The molecular weight excluding hydrogens is 248 g/mol. The summed E-state index contributed by atoms with van der Waals surface area (Å²) < 4.78 is 0. The average molecular weight is 266 g/mol. The van der Waals surface area contributed by atoms with Crippen LogP contribution in [0.15, 0.2) is 29.2 Å². The first kappa shape index (κ1) is 13.2. The van der Waals surface area contributed by atoms with Crippen molar-refractivity contribution in [3.05, 3.63) is 24.3 Å². The Balaban J connectivity index is 1.86. The minimum atomic E-state index is -0.684. The fourth-order valence-corrected chi connectivity index (χ4v) is 2.47. The van der Waals surface area contributed by atoms with E-state index in [2.05, 4.69) is 10.6 Å². The Hall–Kier alpha value is -1.20. The number of aliphatic hydroxyl groups is 1. The summed E-state index contributed by atoms with van der Waals surface area (Å²) >= 11 is 1.58. The van der Waals surface area contributed by atoms with Crippen molar-refractivity contribution >= 4 is 23.5 Å². The van der Waals surface area contributed by atoms with Gasteiger partial charge in [-0.1, -0.05) is 12.1 Å². The van der Waals surface area contributed by atoms with Crippen LogP contribution < -0.4 is 10.6 Å². The van der Waals surface area contributed by atoms with Crippen LogP contribution in [0, 0.1) is 0 Å². The van der Waals surface area contributed by atoms with Gasteiger partial charge in [0.2, 0.25) is 0 Å². The molecule has 0 radical (unpaired) electrons. The van der Waals surface area contributed by atoms with Crippen LogP contribution >= 0.6 is 11.8 Å². The largest absolute Gasteiger partial charge is 0.388 e. The van der Waals surface area contributed by atoms with Gasteiger partial charge < -0.3 is 15.7 Å². The standard InChI is InChI=1S/C13H18N2O2S/c1-18-11-6-3-2-5-10(11)15-12(16)14-9-13(17)7-4-8-13/h2-3,5-6,17H,4,7-9H2,1H3,(H2,14,15,16). The summed E-state index contributed by atoms with van der Waals surface area (Å²) in [6.45, 7) is 0.320. The molecule has 0 aromatic heterocycles. The van der Waals surface area contributed by atoms with Gasteiger partial charge in [0.05, 0.1) is 11.3 Å². The number of para-hydroxylation sites is 1. The average Bonchev–Trinajstić information content (AvgIpc) is 2.35. The molecule has 98 valence electrons. The molecule has 18 heavy (non-hydrogen) atoms. The van der Waals surface area contributed by atoms with E-state index in [0.29, 0.717) is 6.54 Å². The van der Waals surface area contributed by atoms with Gasteiger partial charge in [-0.05, 0) is 37.7 Å². The van der Waals surface area contributed by atoms with Crippen LogP contribution in [0.1, 0.15) is 19.3 Å². The van der Waals surface area contributed by atoms with Gasteiger partial charge in [0.25, 0.3) is 0 Å². The van der Waals surface area contributed by atoms with Crippen LogP contribution in [0.2, 0.25) is 0 Å².